The van der Waals surface area contributed by atoms with Crippen LogP contribution in [0.2, 0.25) is 0 Å². The molecule has 1 rings (SSSR count). The normalized spacial score (nSPS) is 12.1. The van der Waals surface area contributed by atoms with Crippen molar-refractivity contribution in [3.63, 3.8) is 0 Å². The summed E-state index contributed by atoms with van der Waals surface area (Å²) < 4.78 is 1.92. The number of aryl methyl sites for hydroxylation is 1. The molecule has 80 valence electrons. The van der Waals surface area contributed by atoms with Crippen LogP contribution in [0.15, 0.2) is 0 Å². The van der Waals surface area contributed by atoms with Crippen molar-refractivity contribution in [2.45, 2.75) is 53.0 Å². The van der Waals surface area contributed by atoms with E-state index in [-0.39, 0.29) is 11.3 Å². The molecule has 0 saturated heterocycles. The lowest BCUT2D eigenvalue weighted by atomic mass is 9.89. The van der Waals surface area contributed by atoms with Gasteiger partial charge in [-0.05, 0) is 13.3 Å². The summed E-state index contributed by atoms with van der Waals surface area (Å²) in [6.07, 6.45) is 1.03. The molecule has 0 fully saturated rings. The van der Waals surface area contributed by atoms with E-state index in [4.69, 9.17) is 0 Å². The van der Waals surface area contributed by atoms with Gasteiger partial charge < -0.3 is 5.11 Å². The third-order valence-electron chi connectivity index (χ3n) is 2.31. The SMILES string of the molecule is CCCn1nc(O)c(C)c1C(C)(C)C. The summed E-state index contributed by atoms with van der Waals surface area (Å²) in [6, 6.07) is 0. The number of hydrogen-bond donors (Lipinski definition) is 1. The third kappa shape index (κ3) is 1.91. The monoisotopic (exact) mass is 196 g/mol. The third-order valence-corrected chi connectivity index (χ3v) is 2.31. The smallest absolute Gasteiger partial charge is 0.233 e. The van der Waals surface area contributed by atoms with Crippen molar-refractivity contribution in [2.75, 3.05) is 0 Å². The number of aromatic nitrogens is 2. The lowest BCUT2D eigenvalue weighted by Gasteiger charge is -2.21. The molecule has 1 N–H and O–H groups in total. The highest BCUT2D eigenvalue weighted by Gasteiger charge is 2.24. The summed E-state index contributed by atoms with van der Waals surface area (Å²) in [4.78, 5) is 0. The number of rotatable bonds is 2. The molecule has 1 heterocycles. The summed E-state index contributed by atoms with van der Waals surface area (Å²) in [5, 5.41) is 13.7. The van der Waals surface area contributed by atoms with E-state index >= 15 is 0 Å². The second-order valence-electron chi connectivity index (χ2n) is 4.77. The Morgan fingerprint density at radius 1 is 1.36 bits per heavy atom. The number of nitrogens with zero attached hydrogens (tertiary/aromatic N) is 2. The molecule has 14 heavy (non-hydrogen) atoms. The zero-order chi connectivity index (χ0) is 10.9. The number of aromatic hydroxyl groups is 1. The first kappa shape index (κ1) is 11.1. The zero-order valence-corrected chi connectivity index (χ0v) is 9.76. The van der Waals surface area contributed by atoms with E-state index < -0.39 is 0 Å². The molecule has 0 radical (unpaired) electrons. The Morgan fingerprint density at radius 2 is 1.93 bits per heavy atom. The second kappa shape index (κ2) is 3.64. The van der Waals surface area contributed by atoms with Crippen LogP contribution < -0.4 is 0 Å². The van der Waals surface area contributed by atoms with Gasteiger partial charge in [0.15, 0.2) is 0 Å². The van der Waals surface area contributed by atoms with E-state index in [1.807, 2.05) is 11.6 Å². The fourth-order valence-electron chi connectivity index (χ4n) is 1.86. The molecule has 3 nitrogen and oxygen atoms in total. The minimum Gasteiger partial charge on any atom is -0.492 e. The maximum absolute atomic E-state index is 9.58. The lowest BCUT2D eigenvalue weighted by Crippen LogP contribution is -2.19. The largest absolute Gasteiger partial charge is 0.492 e. The van der Waals surface area contributed by atoms with Crippen LogP contribution in [0.4, 0.5) is 0 Å². The molecule has 1 aromatic rings. The van der Waals surface area contributed by atoms with Crippen LogP contribution in [0.5, 0.6) is 5.88 Å². The van der Waals surface area contributed by atoms with Crippen molar-refractivity contribution in [2.24, 2.45) is 0 Å². The molecule has 0 saturated carbocycles. The zero-order valence-electron chi connectivity index (χ0n) is 9.76. The van der Waals surface area contributed by atoms with E-state index in [1.165, 1.54) is 0 Å². The summed E-state index contributed by atoms with van der Waals surface area (Å²) >= 11 is 0. The Balaban J connectivity index is 3.23. The molecule has 1 aromatic heterocycles. The molecule has 0 bridgehead atoms. The van der Waals surface area contributed by atoms with Gasteiger partial charge in [-0.15, -0.1) is 5.10 Å². The Labute approximate surface area is 85.8 Å². The highest BCUT2D eigenvalue weighted by Crippen LogP contribution is 2.30. The average molecular weight is 196 g/mol. The summed E-state index contributed by atoms with van der Waals surface area (Å²) in [6.45, 7) is 11.3. The molecule has 0 unspecified atom stereocenters. The van der Waals surface area contributed by atoms with Crippen LogP contribution in [0.1, 0.15) is 45.4 Å². The molecule has 3 heteroatoms. The van der Waals surface area contributed by atoms with Crippen molar-refractivity contribution < 1.29 is 5.11 Å². The Kier molecular flexibility index (Phi) is 2.88. The van der Waals surface area contributed by atoms with E-state index in [0.29, 0.717) is 0 Å². The van der Waals surface area contributed by atoms with Crippen molar-refractivity contribution >= 4 is 0 Å². The van der Waals surface area contributed by atoms with E-state index in [2.05, 4.69) is 32.8 Å². The minimum absolute atomic E-state index is 0.0350. The van der Waals surface area contributed by atoms with Gasteiger partial charge in [0.05, 0.1) is 5.69 Å². The van der Waals surface area contributed by atoms with Gasteiger partial charge in [0.1, 0.15) is 0 Å². The van der Waals surface area contributed by atoms with Gasteiger partial charge in [0.25, 0.3) is 0 Å². The van der Waals surface area contributed by atoms with Crippen LogP contribution in [-0.2, 0) is 12.0 Å². The predicted octanol–water partition coefficient (Wildman–Crippen LogP) is 2.60. The van der Waals surface area contributed by atoms with Gasteiger partial charge in [0, 0.05) is 17.5 Å². The van der Waals surface area contributed by atoms with Crippen LogP contribution in [-0.4, -0.2) is 14.9 Å². The molecule has 0 aliphatic heterocycles. The van der Waals surface area contributed by atoms with Gasteiger partial charge in [0.2, 0.25) is 5.88 Å². The lowest BCUT2D eigenvalue weighted by molar-refractivity contribution is 0.428. The van der Waals surface area contributed by atoms with Gasteiger partial charge >= 0.3 is 0 Å². The highest BCUT2D eigenvalue weighted by molar-refractivity contribution is 5.33. The van der Waals surface area contributed by atoms with Gasteiger partial charge in [-0.25, -0.2) is 0 Å². The van der Waals surface area contributed by atoms with Crippen LogP contribution in [0, 0.1) is 6.92 Å². The van der Waals surface area contributed by atoms with Crippen molar-refractivity contribution in [1.82, 2.24) is 9.78 Å². The molecule has 0 atom stereocenters. The Morgan fingerprint density at radius 3 is 2.36 bits per heavy atom. The van der Waals surface area contributed by atoms with Crippen molar-refractivity contribution in [3.05, 3.63) is 11.3 Å². The summed E-state index contributed by atoms with van der Waals surface area (Å²) in [5.41, 5.74) is 2.08. The highest BCUT2D eigenvalue weighted by atomic mass is 16.3. The Bertz CT molecular complexity index is 321. The Hall–Kier alpha value is -0.990. The molecule has 0 aromatic carbocycles. The minimum atomic E-state index is 0.0350. The molecule has 0 aliphatic carbocycles. The maximum Gasteiger partial charge on any atom is 0.233 e. The fraction of sp³-hybridized carbons (Fsp3) is 0.727. The molecule has 0 spiro atoms. The first-order chi connectivity index (χ1) is 6.38. The average Bonchev–Trinajstić information content (AvgIpc) is 2.27. The quantitative estimate of drug-likeness (QED) is 0.789. The molecular formula is C11H20N2O. The fourth-order valence-corrected chi connectivity index (χ4v) is 1.86. The summed E-state index contributed by atoms with van der Waals surface area (Å²) in [7, 11) is 0. The van der Waals surface area contributed by atoms with Gasteiger partial charge in [-0.2, -0.15) is 0 Å². The topological polar surface area (TPSA) is 38.0 Å². The predicted molar refractivity (Wildman–Crippen MR) is 57.6 cm³/mol. The van der Waals surface area contributed by atoms with Gasteiger partial charge in [-0.3, -0.25) is 4.68 Å². The van der Waals surface area contributed by atoms with Crippen LogP contribution in [0.25, 0.3) is 0 Å². The molecule has 0 amide bonds. The van der Waals surface area contributed by atoms with Crippen molar-refractivity contribution in [3.8, 4) is 5.88 Å². The van der Waals surface area contributed by atoms with E-state index in [0.717, 1.165) is 24.2 Å². The summed E-state index contributed by atoms with van der Waals surface area (Å²) in [5.74, 6) is 0.170. The number of hydrogen-bond acceptors (Lipinski definition) is 2. The molecular weight excluding hydrogens is 176 g/mol. The maximum atomic E-state index is 9.58. The standard InChI is InChI=1S/C11H20N2O/c1-6-7-13-9(11(3,4)5)8(2)10(14)12-13/h6-7H2,1-5H3,(H,12,14). The first-order valence-electron chi connectivity index (χ1n) is 5.14. The van der Waals surface area contributed by atoms with Gasteiger partial charge in [-0.1, -0.05) is 27.7 Å². The van der Waals surface area contributed by atoms with Crippen molar-refractivity contribution in [1.29, 1.82) is 0 Å². The first-order valence-corrected chi connectivity index (χ1v) is 5.14. The van der Waals surface area contributed by atoms with Crippen LogP contribution >= 0.6 is 0 Å². The van der Waals surface area contributed by atoms with E-state index in [1.54, 1.807) is 0 Å². The van der Waals surface area contributed by atoms with E-state index in [9.17, 15) is 5.11 Å². The van der Waals surface area contributed by atoms with Crippen LogP contribution in [0.3, 0.4) is 0 Å². The molecule has 0 aliphatic rings. The second-order valence-corrected chi connectivity index (χ2v) is 4.77.